The average molecular weight is 257 g/mol. The summed E-state index contributed by atoms with van der Waals surface area (Å²) in [6.07, 6.45) is 4.13. The zero-order valence-electron chi connectivity index (χ0n) is 9.52. The van der Waals surface area contributed by atoms with E-state index in [1.165, 1.54) is 12.1 Å². The van der Waals surface area contributed by atoms with Crippen LogP contribution in [0.1, 0.15) is 32.1 Å². The smallest absolute Gasteiger partial charge is 0.184 e. The van der Waals surface area contributed by atoms with Crippen molar-refractivity contribution in [3.05, 3.63) is 24.0 Å². The van der Waals surface area contributed by atoms with E-state index < -0.39 is 20.9 Å². The van der Waals surface area contributed by atoms with E-state index in [-0.39, 0.29) is 10.6 Å². The van der Waals surface area contributed by atoms with E-state index in [1.807, 2.05) is 0 Å². The van der Waals surface area contributed by atoms with Gasteiger partial charge < -0.3 is 5.73 Å². The third-order valence-electron chi connectivity index (χ3n) is 3.25. The molecule has 1 aromatic carbocycles. The number of nitrogens with two attached hydrogens (primary N) is 1. The summed E-state index contributed by atoms with van der Waals surface area (Å²) in [4.78, 5) is -0.210. The minimum absolute atomic E-state index is 0.210. The molecule has 1 fully saturated rings. The van der Waals surface area contributed by atoms with Crippen molar-refractivity contribution in [3.63, 3.8) is 0 Å². The van der Waals surface area contributed by atoms with E-state index in [2.05, 4.69) is 0 Å². The molecule has 0 heterocycles. The molecule has 0 amide bonds. The molecule has 0 saturated heterocycles. The van der Waals surface area contributed by atoms with Gasteiger partial charge in [0, 0.05) is 5.69 Å². The Kier molecular flexibility index (Phi) is 3.38. The van der Waals surface area contributed by atoms with E-state index in [1.54, 1.807) is 0 Å². The van der Waals surface area contributed by atoms with Crippen molar-refractivity contribution >= 4 is 15.5 Å². The van der Waals surface area contributed by atoms with Crippen molar-refractivity contribution in [2.24, 2.45) is 0 Å². The Hall–Kier alpha value is -1.10. The van der Waals surface area contributed by atoms with E-state index in [4.69, 9.17) is 5.73 Å². The number of anilines is 1. The maximum absolute atomic E-state index is 13.6. The van der Waals surface area contributed by atoms with Gasteiger partial charge in [-0.25, -0.2) is 12.8 Å². The third-order valence-corrected chi connectivity index (χ3v) is 5.55. The van der Waals surface area contributed by atoms with Crippen LogP contribution < -0.4 is 5.73 Å². The largest absolute Gasteiger partial charge is 0.399 e. The predicted molar refractivity (Wildman–Crippen MR) is 64.9 cm³/mol. The van der Waals surface area contributed by atoms with Crippen molar-refractivity contribution in [3.8, 4) is 0 Å². The molecule has 3 nitrogen and oxygen atoms in total. The van der Waals surface area contributed by atoms with Gasteiger partial charge in [0.2, 0.25) is 0 Å². The molecule has 17 heavy (non-hydrogen) atoms. The second-order valence-corrected chi connectivity index (χ2v) is 6.69. The first-order valence-electron chi connectivity index (χ1n) is 5.81. The number of rotatable bonds is 2. The van der Waals surface area contributed by atoms with Crippen LogP contribution in [0.5, 0.6) is 0 Å². The van der Waals surface area contributed by atoms with Gasteiger partial charge in [0.1, 0.15) is 10.7 Å². The topological polar surface area (TPSA) is 60.2 Å². The summed E-state index contributed by atoms with van der Waals surface area (Å²) in [6.45, 7) is 0. The number of halogens is 1. The van der Waals surface area contributed by atoms with Crippen molar-refractivity contribution in [1.82, 2.24) is 0 Å². The van der Waals surface area contributed by atoms with E-state index >= 15 is 0 Å². The zero-order chi connectivity index (χ0) is 12.5. The highest BCUT2D eigenvalue weighted by molar-refractivity contribution is 7.92. The number of nitrogen functional groups attached to an aromatic ring is 1. The van der Waals surface area contributed by atoms with E-state index in [9.17, 15) is 12.8 Å². The fourth-order valence-electron chi connectivity index (χ4n) is 2.30. The number of hydrogen-bond acceptors (Lipinski definition) is 3. The highest BCUT2D eigenvalue weighted by Crippen LogP contribution is 2.30. The summed E-state index contributed by atoms with van der Waals surface area (Å²) in [6, 6.07) is 3.77. The van der Waals surface area contributed by atoms with Crippen LogP contribution in [0.3, 0.4) is 0 Å². The van der Waals surface area contributed by atoms with Crippen LogP contribution in [-0.4, -0.2) is 13.7 Å². The zero-order valence-corrected chi connectivity index (χ0v) is 10.3. The molecule has 0 bridgehead atoms. The first kappa shape index (κ1) is 12.4. The normalized spacial score (nSPS) is 18.2. The Morgan fingerprint density at radius 3 is 2.41 bits per heavy atom. The molecule has 1 aromatic rings. The fraction of sp³-hybridized carbons (Fsp3) is 0.500. The molecule has 0 atom stereocenters. The van der Waals surface area contributed by atoms with Gasteiger partial charge in [-0.3, -0.25) is 0 Å². The maximum atomic E-state index is 13.6. The van der Waals surface area contributed by atoms with Crippen molar-refractivity contribution < 1.29 is 12.8 Å². The first-order chi connectivity index (χ1) is 8.01. The van der Waals surface area contributed by atoms with Gasteiger partial charge in [0.05, 0.1) is 5.25 Å². The molecule has 2 N–H and O–H groups in total. The number of benzene rings is 1. The van der Waals surface area contributed by atoms with Crippen molar-refractivity contribution in [2.75, 3.05) is 5.73 Å². The van der Waals surface area contributed by atoms with Gasteiger partial charge in [0.25, 0.3) is 0 Å². The van der Waals surface area contributed by atoms with Gasteiger partial charge in [-0.05, 0) is 31.0 Å². The molecule has 2 rings (SSSR count). The number of hydrogen-bond donors (Lipinski definition) is 1. The van der Waals surface area contributed by atoms with Crippen molar-refractivity contribution in [1.29, 1.82) is 0 Å². The summed E-state index contributed by atoms with van der Waals surface area (Å²) >= 11 is 0. The molecule has 94 valence electrons. The molecule has 0 radical (unpaired) electrons. The Morgan fingerprint density at radius 2 is 1.82 bits per heavy atom. The highest BCUT2D eigenvalue weighted by Gasteiger charge is 2.30. The average Bonchev–Trinajstić information content (AvgIpc) is 2.29. The van der Waals surface area contributed by atoms with Crippen LogP contribution in [0.4, 0.5) is 10.1 Å². The monoisotopic (exact) mass is 257 g/mol. The Morgan fingerprint density at radius 1 is 1.18 bits per heavy atom. The van der Waals surface area contributed by atoms with Gasteiger partial charge >= 0.3 is 0 Å². The molecule has 0 unspecified atom stereocenters. The SMILES string of the molecule is Nc1ccc(S(=O)(=O)C2CCCCC2)c(F)c1. The minimum Gasteiger partial charge on any atom is -0.399 e. The second-order valence-electron chi connectivity index (χ2n) is 4.49. The Balaban J connectivity index is 2.37. The Bertz CT molecular complexity index is 507. The summed E-state index contributed by atoms with van der Waals surface area (Å²) in [5.41, 5.74) is 5.66. The summed E-state index contributed by atoms with van der Waals surface area (Å²) in [5, 5.41) is -0.436. The molecule has 1 aliphatic rings. The molecular weight excluding hydrogens is 241 g/mol. The molecule has 0 spiro atoms. The van der Waals surface area contributed by atoms with Gasteiger partial charge in [-0.1, -0.05) is 19.3 Å². The van der Waals surface area contributed by atoms with Crippen molar-refractivity contribution in [2.45, 2.75) is 42.2 Å². The Labute approximate surface area is 101 Å². The van der Waals surface area contributed by atoms with Crippen LogP contribution in [0.25, 0.3) is 0 Å². The van der Waals surface area contributed by atoms with Crippen LogP contribution in [0, 0.1) is 5.82 Å². The van der Waals surface area contributed by atoms with Crippen LogP contribution in [-0.2, 0) is 9.84 Å². The fourth-order valence-corrected chi connectivity index (χ4v) is 4.20. The van der Waals surface area contributed by atoms with E-state index in [0.29, 0.717) is 12.8 Å². The lowest BCUT2D eigenvalue weighted by molar-refractivity contribution is 0.479. The quantitative estimate of drug-likeness (QED) is 0.828. The molecule has 1 aliphatic carbocycles. The molecule has 0 aliphatic heterocycles. The van der Waals surface area contributed by atoms with Crippen LogP contribution in [0.15, 0.2) is 23.1 Å². The lowest BCUT2D eigenvalue weighted by Gasteiger charge is -2.22. The standard InChI is InChI=1S/C12H16FNO2S/c13-11-8-9(14)6-7-12(11)17(15,16)10-4-2-1-3-5-10/h6-8,10H,1-5,14H2. The van der Waals surface area contributed by atoms with Crippen LogP contribution in [0.2, 0.25) is 0 Å². The molecular formula is C12H16FNO2S. The predicted octanol–water partition coefficient (Wildman–Crippen LogP) is 2.51. The second kappa shape index (κ2) is 4.64. The van der Waals surface area contributed by atoms with Gasteiger partial charge in [0.15, 0.2) is 9.84 Å². The summed E-state index contributed by atoms with van der Waals surface area (Å²) in [7, 11) is -3.54. The molecule has 0 aromatic heterocycles. The van der Waals surface area contributed by atoms with Crippen LogP contribution >= 0.6 is 0 Å². The highest BCUT2D eigenvalue weighted by atomic mass is 32.2. The molecule has 1 saturated carbocycles. The van der Waals surface area contributed by atoms with Gasteiger partial charge in [-0.2, -0.15) is 0 Å². The van der Waals surface area contributed by atoms with Gasteiger partial charge in [-0.15, -0.1) is 0 Å². The first-order valence-corrected chi connectivity index (χ1v) is 7.35. The molecule has 5 heteroatoms. The lowest BCUT2D eigenvalue weighted by Crippen LogP contribution is -2.24. The van der Waals surface area contributed by atoms with E-state index in [0.717, 1.165) is 25.3 Å². The minimum atomic E-state index is -3.54. The summed E-state index contributed by atoms with van der Waals surface area (Å²) in [5.74, 6) is -0.740. The maximum Gasteiger partial charge on any atom is 0.184 e. The lowest BCUT2D eigenvalue weighted by atomic mass is 10.0. The third kappa shape index (κ3) is 2.44. The number of sulfone groups is 1. The summed E-state index contributed by atoms with van der Waals surface area (Å²) < 4.78 is 38.1.